The maximum Gasteiger partial charge on any atom is 0.0608 e. The van der Waals surface area contributed by atoms with Crippen LogP contribution < -0.4 is 5.73 Å². The Morgan fingerprint density at radius 2 is 1.92 bits per heavy atom. The van der Waals surface area contributed by atoms with E-state index < -0.39 is 0 Å². The Hall–Kier alpha value is -0.0800. The van der Waals surface area contributed by atoms with Gasteiger partial charge < -0.3 is 10.8 Å². The van der Waals surface area contributed by atoms with E-state index in [9.17, 15) is 5.11 Å². The molecule has 0 aromatic heterocycles. The molecule has 0 radical (unpaired) electrons. The molecule has 1 aliphatic carbocycles. The van der Waals surface area contributed by atoms with Gasteiger partial charge in [-0.1, -0.05) is 13.8 Å². The van der Waals surface area contributed by atoms with Crippen molar-refractivity contribution in [1.29, 1.82) is 0 Å². The Kier molecular flexibility index (Phi) is 3.13. The van der Waals surface area contributed by atoms with Crippen molar-refractivity contribution in [1.82, 2.24) is 0 Å². The fourth-order valence-electron chi connectivity index (χ4n) is 1.63. The third kappa shape index (κ3) is 2.20. The van der Waals surface area contributed by atoms with Crippen molar-refractivity contribution in [2.24, 2.45) is 17.1 Å². The minimum absolute atomic E-state index is 0.120. The lowest BCUT2D eigenvalue weighted by Gasteiger charge is -2.20. The molecule has 0 heterocycles. The van der Waals surface area contributed by atoms with Crippen LogP contribution in [0.2, 0.25) is 0 Å². The molecular formula is C10H21NO. The van der Waals surface area contributed by atoms with Gasteiger partial charge in [-0.15, -0.1) is 0 Å². The van der Waals surface area contributed by atoms with Crippen LogP contribution in [0.15, 0.2) is 0 Å². The minimum Gasteiger partial charge on any atom is -0.393 e. The molecule has 1 saturated carbocycles. The second-order valence-electron chi connectivity index (χ2n) is 4.55. The average molecular weight is 171 g/mol. The van der Waals surface area contributed by atoms with Crippen molar-refractivity contribution < 1.29 is 5.11 Å². The van der Waals surface area contributed by atoms with Gasteiger partial charge in [0.15, 0.2) is 0 Å². The zero-order chi connectivity index (χ0) is 9.19. The predicted molar refractivity (Wildman–Crippen MR) is 50.8 cm³/mol. The van der Waals surface area contributed by atoms with Crippen LogP contribution in [0.5, 0.6) is 0 Å². The molecule has 2 nitrogen and oxygen atoms in total. The number of aliphatic hydroxyl groups is 1. The summed E-state index contributed by atoms with van der Waals surface area (Å²) in [6.45, 7) is 5.04. The zero-order valence-corrected chi connectivity index (χ0v) is 8.21. The lowest BCUT2D eigenvalue weighted by Crippen LogP contribution is -2.29. The number of hydrogen-bond donors (Lipinski definition) is 2. The Morgan fingerprint density at radius 3 is 2.25 bits per heavy atom. The normalized spacial score (nSPS) is 22.8. The molecule has 0 aromatic rings. The summed E-state index contributed by atoms with van der Waals surface area (Å²) in [6, 6.07) is 0. The summed E-state index contributed by atoms with van der Waals surface area (Å²) in [5.41, 5.74) is 5.74. The van der Waals surface area contributed by atoms with E-state index in [1.807, 2.05) is 0 Å². The van der Waals surface area contributed by atoms with Gasteiger partial charge >= 0.3 is 0 Å². The third-order valence-corrected chi connectivity index (χ3v) is 3.02. The third-order valence-electron chi connectivity index (χ3n) is 3.02. The second-order valence-corrected chi connectivity index (χ2v) is 4.55. The smallest absolute Gasteiger partial charge is 0.0608 e. The molecule has 0 aromatic carbocycles. The number of aliphatic hydroxyl groups excluding tert-OH is 1. The van der Waals surface area contributed by atoms with Crippen LogP contribution in [-0.2, 0) is 0 Å². The highest BCUT2D eigenvalue weighted by molar-refractivity contribution is 4.99. The quantitative estimate of drug-likeness (QED) is 0.659. The van der Waals surface area contributed by atoms with Gasteiger partial charge in [0, 0.05) is 12.0 Å². The largest absolute Gasteiger partial charge is 0.393 e. The Labute approximate surface area is 75.2 Å². The monoisotopic (exact) mass is 171 g/mol. The van der Waals surface area contributed by atoms with Crippen molar-refractivity contribution >= 4 is 0 Å². The first kappa shape index (κ1) is 10.0. The van der Waals surface area contributed by atoms with Crippen molar-refractivity contribution in [2.45, 2.75) is 45.6 Å². The number of rotatable bonds is 5. The molecule has 0 amide bonds. The van der Waals surface area contributed by atoms with Crippen LogP contribution >= 0.6 is 0 Å². The highest BCUT2D eigenvalue weighted by atomic mass is 16.3. The fourth-order valence-corrected chi connectivity index (χ4v) is 1.63. The highest BCUT2D eigenvalue weighted by Gasteiger charge is 2.47. The van der Waals surface area contributed by atoms with Gasteiger partial charge in [0.25, 0.3) is 0 Å². The maximum absolute atomic E-state index is 9.81. The molecule has 0 saturated heterocycles. The van der Waals surface area contributed by atoms with Gasteiger partial charge in [0.1, 0.15) is 0 Å². The summed E-state index contributed by atoms with van der Waals surface area (Å²) in [4.78, 5) is 0. The van der Waals surface area contributed by atoms with Gasteiger partial charge in [-0.05, 0) is 31.6 Å². The highest BCUT2D eigenvalue weighted by Crippen LogP contribution is 2.49. The van der Waals surface area contributed by atoms with Crippen LogP contribution in [0.25, 0.3) is 0 Å². The summed E-state index contributed by atoms with van der Waals surface area (Å²) in [7, 11) is 0. The van der Waals surface area contributed by atoms with Crippen LogP contribution in [0.3, 0.4) is 0 Å². The van der Waals surface area contributed by atoms with E-state index in [4.69, 9.17) is 5.73 Å². The first-order chi connectivity index (χ1) is 5.60. The fraction of sp³-hybridized carbons (Fsp3) is 1.00. The lowest BCUT2D eigenvalue weighted by molar-refractivity contribution is 0.0831. The van der Waals surface area contributed by atoms with Gasteiger partial charge in [-0.2, -0.15) is 0 Å². The minimum atomic E-state index is -0.148. The van der Waals surface area contributed by atoms with Gasteiger partial charge in [-0.3, -0.25) is 0 Å². The molecule has 1 atom stereocenters. The maximum atomic E-state index is 9.81. The molecule has 0 bridgehead atoms. The summed E-state index contributed by atoms with van der Waals surface area (Å²) >= 11 is 0. The lowest BCUT2D eigenvalue weighted by atomic mass is 9.93. The van der Waals surface area contributed by atoms with Crippen molar-refractivity contribution in [3.8, 4) is 0 Å². The summed E-state index contributed by atoms with van der Waals surface area (Å²) in [5, 5.41) is 9.81. The predicted octanol–water partition coefficient (Wildman–Crippen LogP) is 1.52. The van der Waals surface area contributed by atoms with Crippen LogP contribution in [0.4, 0.5) is 0 Å². The SMILES string of the molecule is CC(C)CCC(O)C1(CN)CC1. The molecule has 1 unspecified atom stereocenters. The number of nitrogens with two attached hydrogens (primary N) is 1. The molecule has 0 aliphatic heterocycles. The topological polar surface area (TPSA) is 46.2 Å². The summed E-state index contributed by atoms with van der Waals surface area (Å²) in [6.07, 6.45) is 4.15. The Morgan fingerprint density at radius 1 is 1.33 bits per heavy atom. The summed E-state index contributed by atoms with van der Waals surface area (Å²) < 4.78 is 0. The van der Waals surface area contributed by atoms with E-state index in [1.54, 1.807) is 0 Å². The second kappa shape index (κ2) is 3.75. The standard InChI is InChI=1S/C10H21NO/c1-8(2)3-4-9(12)10(7-11)5-6-10/h8-9,12H,3-7,11H2,1-2H3. The van der Waals surface area contributed by atoms with Crippen molar-refractivity contribution in [2.75, 3.05) is 6.54 Å². The first-order valence-corrected chi connectivity index (χ1v) is 4.99. The van der Waals surface area contributed by atoms with Gasteiger partial charge in [0.05, 0.1) is 6.10 Å². The molecule has 0 spiro atoms. The molecule has 2 heteroatoms. The van der Waals surface area contributed by atoms with E-state index >= 15 is 0 Å². The molecule has 3 N–H and O–H groups in total. The van der Waals surface area contributed by atoms with Gasteiger partial charge in [-0.25, -0.2) is 0 Å². The molecule has 12 heavy (non-hydrogen) atoms. The van der Waals surface area contributed by atoms with E-state index in [1.165, 1.54) is 0 Å². The Balaban J connectivity index is 2.23. The van der Waals surface area contributed by atoms with Crippen LogP contribution in [-0.4, -0.2) is 17.8 Å². The van der Waals surface area contributed by atoms with E-state index in [2.05, 4.69) is 13.8 Å². The van der Waals surface area contributed by atoms with Crippen LogP contribution in [0.1, 0.15) is 39.5 Å². The van der Waals surface area contributed by atoms with E-state index in [0.29, 0.717) is 12.5 Å². The van der Waals surface area contributed by atoms with Gasteiger partial charge in [0.2, 0.25) is 0 Å². The first-order valence-electron chi connectivity index (χ1n) is 4.99. The molecule has 1 fully saturated rings. The van der Waals surface area contributed by atoms with Crippen molar-refractivity contribution in [3.63, 3.8) is 0 Å². The molecule has 1 rings (SSSR count). The molecule has 72 valence electrons. The number of hydrogen-bond acceptors (Lipinski definition) is 2. The van der Waals surface area contributed by atoms with E-state index in [0.717, 1.165) is 25.7 Å². The molecule has 1 aliphatic rings. The average Bonchev–Trinajstić information content (AvgIpc) is 2.80. The molecular weight excluding hydrogens is 150 g/mol. The summed E-state index contributed by atoms with van der Waals surface area (Å²) in [5.74, 6) is 0.688. The van der Waals surface area contributed by atoms with Crippen molar-refractivity contribution in [3.05, 3.63) is 0 Å². The zero-order valence-electron chi connectivity index (χ0n) is 8.21. The Bertz CT molecular complexity index is 141. The van der Waals surface area contributed by atoms with Crippen LogP contribution in [0, 0.1) is 11.3 Å². The van der Waals surface area contributed by atoms with E-state index in [-0.39, 0.29) is 11.5 Å².